The monoisotopic (exact) mass is 391 g/mol. The van der Waals surface area contributed by atoms with Gasteiger partial charge in [0.15, 0.2) is 0 Å². The molecule has 0 aliphatic heterocycles. The molecule has 0 radical (unpaired) electrons. The normalized spacial score (nSPS) is 11.8. The van der Waals surface area contributed by atoms with Crippen LogP contribution in [0.5, 0.6) is 0 Å². The molecule has 0 spiro atoms. The molecule has 1 rings (SSSR count). The first-order valence-electron chi connectivity index (χ1n) is 6.26. The second-order valence-electron chi connectivity index (χ2n) is 4.08. The van der Waals surface area contributed by atoms with Crippen LogP contribution in [0.3, 0.4) is 0 Å². The lowest BCUT2D eigenvalue weighted by molar-refractivity contribution is -0.145. The van der Waals surface area contributed by atoms with Gasteiger partial charge in [0.1, 0.15) is 12.6 Å². The Bertz CT molecular complexity index is 464. The number of halogens is 1. The Labute approximate surface area is 132 Å². The first-order chi connectivity index (χ1) is 9.58. The van der Waals surface area contributed by atoms with Gasteiger partial charge in [-0.15, -0.1) is 0 Å². The van der Waals surface area contributed by atoms with Crippen LogP contribution in [0.2, 0.25) is 0 Å². The van der Waals surface area contributed by atoms with Gasteiger partial charge in [0.05, 0.1) is 7.11 Å². The maximum atomic E-state index is 11.8. The van der Waals surface area contributed by atoms with Gasteiger partial charge in [-0.05, 0) is 41.1 Å². The van der Waals surface area contributed by atoms with Crippen molar-refractivity contribution in [3.05, 3.63) is 33.4 Å². The molecule has 0 aromatic heterocycles. The molecule has 0 aliphatic carbocycles. The third-order valence-electron chi connectivity index (χ3n) is 2.64. The molecule has 0 fully saturated rings. The molecular weight excluding hydrogens is 373 g/mol. The van der Waals surface area contributed by atoms with Crippen LogP contribution in [-0.2, 0) is 25.5 Å². The summed E-state index contributed by atoms with van der Waals surface area (Å²) in [5, 5.41) is 2.64. The zero-order chi connectivity index (χ0) is 15.0. The van der Waals surface area contributed by atoms with Gasteiger partial charge in [-0.2, -0.15) is 0 Å². The number of esters is 1. The molecule has 0 unspecified atom stereocenters. The van der Waals surface area contributed by atoms with Crippen LogP contribution in [0.4, 0.5) is 0 Å². The molecule has 0 saturated carbocycles. The predicted molar refractivity (Wildman–Crippen MR) is 83.3 cm³/mol. The van der Waals surface area contributed by atoms with Crippen LogP contribution in [0, 0.1) is 3.57 Å². The van der Waals surface area contributed by atoms with E-state index in [0.29, 0.717) is 13.0 Å². The highest BCUT2D eigenvalue weighted by Crippen LogP contribution is 2.14. The molecule has 5 nitrogen and oxygen atoms in total. The minimum Gasteiger partial charge on any atom is -0.467 e. The predicted octanol–water partition coefficient (Wildman–Crippen LogP) is 1.53. The molecule has 110 valence electrons. The van der Waals surface area contributed by atoms with Crippen LogP contribution in [0.1, 0.15) is 12.5 Å². The summed E-state index contributed by atoms with van der Waals surface area (Å²) < 4.78 is 10.8. The number of nitrogens with one attached hydrogen (secondary N) is 1. The van der Waals surface area contributed by atoms with E-state index in [0.717, 1.165) is 9.13 Å². The minimum absolute atomic E-state index is 0.0596. The fourth-order valence-corrected chi connectivity index (χ4v) is 2.26. The van der Waals surface area contributed by atoms with E-state index in [4.69, 9.17) is 9.47 Å². The highest BCUT2D eigenvalue weighted by molar-refractivity contribution is 14.1. The van der Waals surface area contributed by atoms with Crippen LogP contribution >= 0.6 is 22.6 Å². The van der Waals surface area contributed by atoms with E-state index in [1.165, 1.54) is 7.11 Å². The number of hydrogen-bond donors (Lipinski definition) is 1. The SMILES string of the molecule is CCOCC(=O)N[C@H](Cc1ccccc1I)C(=O)OC. The van der Waals surface area contributed by atoms with Gasteiger partial charge in [-0.3, -0.25) is 4.79 Å². The molecule has 1 N–H and O–H groups in total. The van der Waals surface area contributed by atoms with E-state index in [1.807, 2.05) is 24.3 Å². The Balaban J connectivity index is 2.72. The third kappa shape index (κ3) is 5.46. The van der Waals surface area contributed by atoms with Gasteiger partial charge in [0, 0.05) is 16.6 Å². The first-order valence-corrected chi connectivity index (χ1v) is 7.34. The number of benzene rings is 1. The van der Waals surface area contributed by atoms with E-state index in [-0.39, 0.29) is 12.5 Å². The summed E-state index contributed by atoms with van der Waals surface area (Å²) in [5.74, 6) is -0.789. The van der Waals surface area contributed by atoms with Crippen molar-refractivity contribution in [2.75, 3.05) is 20.3 Å². The number of rotatable bonds is 7. The highest BCUT2D eigenvalue weighted by Gasteiger charge is 2.22. The van der Waals surface area contributed by atoms with E-state index in [2.05, 4.69) is 27.9 Å². The molecule has 1 amide bonds. The zero-order valence-corrected chi connectivity index (χ0v) is 13.7. The van der Waals surface area contributed by atoms with Gasteiger partial charge in [-0.25, -0.2) is 4.79 Å². The largest absolute Gasteiger partial charge is 0.467 e. The number of hydrogen-bond acceptors (Lipinski definition) is 4. The maximum absolute atomic E-state index is 11.8. The third-order valence-corrected chi connectivity index (χ3v) is 3.69. The quantitative estimate of drug-likeness (QED) is 0.566. The second-order valence-corrected chi connectivity index (χ2v) is 5.24. The second kappa shape index (κ2) is 8.91. The van der Waals surface area contributed by atoms with Crippen molar-refractivity contribution in [1.29, 1.82) is 0 Å². The van der Waals surface area contributed by atoms with Crippen LogP contribution in [0.15, 0.2) is 24.3 Å². The number of ether oxygens (including phenoxy) is 2. The van der Waals surface area contributed by atoms with E-state index in [1.54, 1.807) is 6.92 Å². The number of carbonyl (C=O) groups excluding carboxylic acids is 2. The van der Waals surface area contributed by atoms with Gasteiger partial charge < -0.3 is 14.8 Å². The Morgan fingerprint density at radius 1 is 1.35 bits per heavy atom. The molecule has 1 atom stereocenters. The molecule has 0 bridgehead atoms. The molecule has 0 heterocycles. The molecule has 0 saturated heterocycles. The summed E-state index contributed by atoms with van der Waals surface area (Å²) in [4.78, 5) is 23.4. The lowest BCUT2D eigenvalue weighted by Crippen LogP contribution is -2.44. The number of carbonyl (C=O) groups is 2. The average Bonchev–Trinajstić information content (AvgIpc) is 2.45. The summed E-state index contributed by atoms with van der Waals surface area (Å²) in [6, 6.07) is 6.99. The fourth-order valence-electron chi connectivity index (χ4n) is 1.65. The molecule has 1 aromatic carbocycles. The van der Waals surface area contributed by atoms with E-state index < -0.39 is 12.0 Å². The van der Waals surface area contributed by atoms with Crippen molar-refractivity contribution in [1.82, 2.24) is 5.32 Å². The van der Waals surface area contributed by atoms with Crippen molar-refractivity contribution < 1.29 is 19.1 Å². The summed E-state index contributed by atoms with van der Waals surface area (Å²) in [5.41, 5.74) is 0.986. The summed E-state index contributed by atoms with van der Waals surface area (Å²) in [6.45, 7) is 2.19. The first kappa shape index (κ1) is 16.9. The van der Waals surface area contributed by atoms with Crippen LogP contribution in [-0.4, -0.2) is 38.2 Å². The van der Waals surface area contributed by atoms with E-state index >= 15 is 0 Å². The summed E-state index contributed by atoms with van der Waals surface area (Å²) in [6.07, 6.45) is 0.393. The number of methoxy groups -OCH3 is 1. The average molecular weight is 391 g/mol. The zero-order valence-electron chi connectivity index (χ0n) is 11.5. The lowest BCUT2D eigenvalue weighted by atomic mass is 10.1. The molecule has 6 heteroatoms. The van der Waals surface area contributed by atoms with Crippen molar-refractivity contribution in [3.8, 4) is 0 Å². The van der Waals surface area contributed by atoms with Gasteiger partial charge in [-0.1, -0.05) is 18.2 Å². The standard InChI is InChI=1S/C14H18INO4/c1-3-20-9-13(17)16-12(14(18)19-2)8-10-6-4-5-7-11(10)15/h4-7,12H,3,8-9H2,1-2H3,(H,16,17)/t12-/m1/s1. The molecule has 20 heavy (non-hydrogen) atoms. The number of amides is 1. The summed E-state index contributed by atoms with van der Waals surface area (Å²) in [7, 11) is 1.31. The Hall–Kier alpha value is -1.15. The highest BCUT2D eigenvalue weighted by atomic mass is 127. The van der Waals surface area contributed by atoms with Crippen molar-refractivity contribution in [2.24, 2.45) is 0 Å². The van der Waals surface area contributed by atoms with Gasteiger partial charge in [0.25, 0.3) is 0 Å². The van der Waals surface area contributed by atoms with Crippen LogP contribution in [0.25, 0.3) is 0 Å². The molecule has 1 aromatic rings. The van der Waals surface area contributed by atoms with E-state index in [9.17, 15) is 9.59 Å². The van der Waals surface area contributed by atoms with Crippen molar-refractivity contribution in [2.45, 2.75) is 19.4 Å². The van der Waals surface area contributed by atoms with Gasteiger partial charge in [0.2, 0.25) is 5.91 Å². The van der Waals surface area contributed by atoms with Crippen molar-refractivity contribution >= 4 is 34.5 Å². The Kier molecular flexibility index (Phi) is 7.53. The summed E-state index contributed by atoms with van der Waals surface area (Å²) >= 11 is 2.20. The topological polar surface area (TPSA) is 64.6 Å². The van der Waals surface area contributed by atoms with Gasteiger partial charge >= 0.3 is 5.97 Å². The smallest absolute Gasteiger partial charge is 0.328 e. The minimum atomic E-state index is -0.705. The molecule has 0 aliphatic rings. The lowest BCUT2D eigenvalue weighted by Gasteiger charge is -2.17. The Morgan fingerprint density at radius 2 is 2.05 bits per heavy atom. The van der Waals surface area contributed by atoms with Crippen LogP contribution < -0.4 is 5.32 Å². The maximum Gasteiger partial charge on any atom is 0.328 e. The van der Waals surface area contributed by atoms with Crippen molar-refractivity contribution in [3.63, 3.8) is 0 Å². The Morgan fingerprint density at radius 3 is 2.65 bits per heavy atom. The molecular formula is C14H18INO4. The fraction of sp³-hybridized carbons (Fsp3) is 0.429.